The molecule has 0 amide bonds. The zero-order valence-electron chi connectivity index (χ0n) is 9.73. The van der Waals surface area contributed by atoms with Gasteiger partial charge in [0.15, 0.2) is 5.16 Å². The van der Waals surface area contributed by atoms with Crippen molar-refractivity contribution in [3.63, 3.8) is 0 Å². The number of hydrogen-bond donors (Lipinski definition) is 2. The van der Waals surface area contributed by atoms with Gasteiger partial charge in [-0.1, -0.05) is 25.1 Å². The molecule has 0 atom stereocenters. The van der Waals surface area contributed by atoms with Crippen LogP contribution in [0.2, 0.25) is 0 Å². The number of rotatable bonds is 7. The predicted molar refractivity (Wildman–Crippen MR) is 66.4 cm³/mol. The highest BCUT2D eigenvalue weighted by molar-refractivity contribution is 7.99. The zero-order chi connectivity index (χ0) is 12.7. The Labute approximate surface area is 104 Å². The molecule has 0 aliphatic carbocycles. The molecule has 5 nitrogen and oxygen atoms in total. The molecule has 0 saturated heterocycles. The SMILES string of the molecule is CCCCc1cc(=O)[nH]c(SCCC(=O)O)n1. The van der Waals surface area contributed by atoms with Gasteiger partial charge in [-0.05, 0) is 12.8 Å². The van der Waals surface area contributed by atoms with Crippen molar-refractivity contribution in [2.45, 2.75) is 37.8 Å². The predicted octanol–water partition coefficient (Wildman–Crippen LogP) is 1.68. The smallest absolute Gasteiger partial charge is 0.304 e. The van der Waals surface area contributed by atoms with Gasteiger partial charge < -0.3 is 10.1 Å². The first-order valence-corrected chi connectivity index (χ1v) is 6.55. The van der Waals surface area contributed by atoms with Crippen LogP contribution >= 0.6 is 11.8 Å². The quantitative estimate of drug-likeness (QED) is 0.573. The van der Waals surface area contributed by atoms with E-state index >= 15 is 0 Å². The molecule has 0 aromatic carbocycles. The highest BCUT2D eigenvalue weighted by Gasteiger charge is 2.03. The summed E-state index contributed by atoms with van der Waals surface area (Å²) in [5, 5.41) is 9.02. The topological polar surface area (TPSA) is 83.0 Å². The number of hydrogen-bond acceptors (Lipinski definition) is 4. The highest BCUT2D eigenvalue weighted by Crippen LogP contribution is 2.13. The van der Waals surface area contributed by atoms with Gasteiger partial charge >= 0.3 is 5.97 Å². The van der Waals surface area contributed by atoms with Crippen LogP contribution in [0.1, 0.15) is 31.9 Å². The molecule has 1 aromatic rings. The van der Waals surface area contributed by atoms with Gasteiger partial charge in [-0.2, -0.15) is 0 Å². The second-order valence-corrected chi connectivity index (χ2v) is 4.72. The average Bonchev–Trinajstić information content (AvgIpc) is 2.25. The van der Waals surface area contributed by atoms with E-state index in [0.717, 1.165) is 25.0 Å². The van der Waals surface area contributed by atoms with E-state index in [1.807, 2.05) is 0 Å². The van der Waals surface area contributed by atoms with Crippen LogP contribution < -0.4 is 5.56 Å². The number of nitrogens with zero attached hydrogens (tertiary/aromatic N) is 1. The number of carboxylic acids is 1. The van der Waals surface area contributed by atoms with Crippen molar-refractivity contribution in [3.8, 4) is 0 Å². The summed E-state index contributed by atoms with van der Waals surface area (Å²) in [6.45, 7) is 2.08. The van der Waals surface area contributed by atoms with Crippen LogP contribution in [-0.4, -0.2) is 26.8 Å². The lowest BCUT2D eigenvalue weighted by Gasteiger charge is -2.02. The number of carboxylic acid groups (broad SMARTS) is 1. The molecular formula is C11H16N2O3S. The van der Waals surface area contributed by atoms with Crippen LogP contribution in [0.5, 0.6) is 0 Å². The maximum atomic E-state index is 11.3. The molecule has 0 unspecified atom stereocenters. The highest BCUT2D eigenvalue weighted by atomic mass is 32.2. The molecule has 6 heteroatoms. The van der Waals surface area contributed by atoms with E-state index in [2.05, 4.69) is 16.9 Å². The minimum absolute atomic E-state index is 0.0631. The Bertz CT molecular complexity index is 431. The molecule has 1 heterocycles. The van der Waals surface area contributed by atoms with Gasteiger partial charge in [-0.25, -0.2) is 4.98 Å². The average molecular weight is 256 g/mol. The third kappa shape index (κ3) is 5.53. The largest absolute Gasteiger partial charge is 0.481 e. The van der Waals surface area contributed by atoms with Crippen molar-refractivity contribution in [1.29, 1.82) is 0 Å². The molecule has 94 valence electrons. The van der Waals surface area contributed by atoms with Gasteiger partial charge in [0, 0.05) is 17.5 Å². The Balaban J connectivity index is 2.62. The van der Waals surface area contributed by atoms with Crippen LogP contribution in [0.25, 0.3) is 0 Å². The maximum absolute atomic E-state index is 11.3. The third-order valence-corrected chi connectivity index (χ3v) is 2.99. The molecule has 0 aliphatic heterocycles. The number of nitrogens with one attached hydrogen (secondary N) is 1. The van der Waals surface area contributed by atoms with Crippen molar-refractivity contribution >= 4 is 17.7 Å². The molecule has 0 bridgehead atoms. The minimum atomic E-state index is -0.845. The van der Waals surface area contributed by atoms with Crippen molar-refractivity contribution in [2.24, 2.45) is 0 Å². The summed E-state index contributed by atoms with van der Waals surface area (Å²) in [7, 11) is 0. The minimum Gasteiger partial charge on any atom is -0.481 e. The second kappa shape index (κ2) is 7.11. The van der Waals surface area contributed by atoms with Gasteiger partial charge in [-0.3, -0.25) is 9.59 Å². The molecule has 1 rings (SSSR count). The second-order valence-electron chi connectivity index (χ2n) is 3.64. The first-order chi connectivity index (χ1) is 8.11. The fourth-order valence-corrected chi connectivity index (χ4v) is 2.10. The lowest BCUT2D eigenvalue weighted by Crippen LogP contribution is -2.10. The fourth-order valence-electron chi connectivity index (χ4n) is 1.27. The summed E-state index contributed by atoms with van der Waals surface area (Å²) in [5.41, 5.74) is 0.595. The molecule has 1 aromatic heterocycles. The Morgan fingerprint density at radius 3 is 3.00 bits per heavy atom. The molecule has 2 N–H and O–H groups in total. The Kier molecular flexibility index (Phi) is 5.76. The molecular weight excluding hydrogens is 240 g/mol. The lowest BCUT2D eigenvalue weighted by molar-refractivity contribution is -0.136. The van der Waals surface area contributed by atoms with Gasteiger partial charge in [0.1, 0.15) is 0 Å². The van der Waals surface area contributed by atoms with E-state index in [-0.39, 0.29) is 12.0 Å². The van der Waals surface area contributed by atoms with Crippen molar-refractivity contribution < 1.29 is 9.90 Å². The number of aliphatic carboxylic acids is 1. The lowest BCUT2D eigenvalue weighted by atomic mass is 10.2. The normalized spacial score (nSPS) is 10.4. The van der Waals surface area contributed by atoms with Crippen LogP contribution in [0, 0.1) is 0 Å². The number of aromatic amines is 1. The summed E-state index contributed by atoms with van der Waals surface area (Å²) in [4.78, 5) is 28.6. The number of carbonyl (C=O) groups is 1. The fraction of sp³-hybridized carbons (Fsp3) is 0.545. The Morgan fingerprint density at radius 2 is 2.35 bits per heavy atom. The Morgan fingerprint density at radius 1 is 1.59 bits per heavy atom. The van der Waals surface area contributed by atoms with Gasteiger partial charge in [-0.15, -0.1) is 0 Å². The van der Waals surface area contributed by atoms with E-state index in [4.69, 9.17) is 5.11 Å². The van der Waals surface area contributed by atoms with Gasteiger partial charge in [0.05, 0.1) is 6.42 Å². The molecule has 0 radical (unpaired) electrons. The van der Waals surface area contributed by atoms with Crippen LogP contribution in [0.15, 0.2) is 16.0 Å². The Hall–Kier alpha value is -1.30. The molecule has 17 heavy (non-hydrogen) atoms. The number of aryl methyl sites for hydroxylation is 1. The summed E-state index contributed by atoms with van der Waals surface area (Å²) in [5.74, 6) is -0.433. The monoisotopic (exact) mass is 256 g/mol. The first-order valence-electron chi connectivity index (χ1n) is 5.56. The maximum Gasteiger partial charge on any atom is 0.304 e. The van der Waals surface area contributed by atoms with Crippen molar-refractivity contribution in [1.82, 2.24) is 9.97 Å². The van der Waals surface area contributed by atoms with E-state index in [0.29, 0.717) is 10.9 Å². The number of thioether (sulfide) groups is 1. The van der Waals surface area contributed by atoms with Gasteiger partial charge in [0.2, 0.25) is 0 Å². The summed E-state index contributed by atoms with van der Waals surface area (Å²) in [6, 6.07) is 1.50. The number of H-pyrrole nitrogens is 1. The van der Waals surface area contributed by atoms with Crippen LogP contribution in [0.3, 0.4) is 0 Å². The molecule has 0 spiro atoms. The summed E-state index contributed by atoms with van der Waals surface area (Å²) >= 11 is 1.26. The van der Waals surface area contributed by atoms with Gasteiger partial charge in [0.25, 0.3) is 5.56 Å². The summed E-state index contributed by atoms with van der Waals surface area (Å²) in [6.07, 6.45) is 2.89. The van der Waals surface area contributed by atoms with E-state index in [9.17, 15) is 9.59 Å². The number of aromatic nitrogens is 2. The third-order valence-electron chi connectivity index (χ3n) is 2.11. The zero-order valence-corrected chi connectivity index (χ0v) is 10.5. The van der Waals surface area contributed by atoms with Crippen molar-refractivity contribution in [2.75, 3.05) is 5.75 Å². The molecule has 0 fully saturated rings. The van der Waals surface area contributed by atoms with Crippen molar-refractivity contribution in [3.05, 3.63) is 22.1 Å². The van der Waals surface area contributed by atoms with E-state index < -0.39 is 5.97 Å². The standard InChI is InChI=1S/C11H16N2O3S/c1-2-3-4-8-7-9(14)13-11(12-8)17-6-5-10(15)16/h7H,2-6H2,1H3,(H,15,16)(H,12,13,14). The molecule has 0 saturated carbocycles. The summed E-state index contributed by atoms with van der Waals surface area (Å²) < 4.78 is 0. The van der Waals surface area contributed by atoms with Crippen LogP contribution in [-0.2, 0) is 11.2 Å². The van der Waals surface area contributed by atoms with Crippen LogP contribution in [0.4, 0.5) is 0 Å². The number of unbranched alkanes of at least 4 members (excludes halogenated alkanes) is 1. The van der Waals surface area contributed by atoms with E-state index in [1.54, 1.807) is 0 Å². The molecule has 0 aliphatic rings. The van der Waals surface area contributed by atoms with E-state index in [1.165, 1.54) is 17.8 Å². The first kappa shape index (κ1) is 13.8.